The number of anilines is 2. The highest BCUT2D eigenvalue weighted by Crippen LogP contribution is 2.28. The van der Waals surface area contributed by atoms with E-state index in [1.165, 1.54) is 18.4 Å². The Morgan fingerprint density at radius 2 is 1.74 bits per heavy atom. The lowest BCUT2D eigenvalue weighted by Crippen LogP contribution is -2.29. The fourth-order valence-electron chi connectivity index (χ4n) is 4.83. The van der Waals surface area contributed by atoms with E-state index in [2.05, 4.69) is 35.3 Å². The number of hydrogen-bond donors (Lipinski definition) is 1. The predicted octanol–water partition coefficient (Wildman–Crippen LogP) is 4.57. The van der Waals surface area contributed by atoms with Crippen LogP contribution in [-0.2, 0) is 4.74 Å². The molecule has 1 N–H and O–H groups in total. The molecule has 5 heterocycles. The molecule has 1 aromatic carbocycles. The van der Waals surface area contributed by atoms with Crippen molar-refractivity contribution in [1.82, 2.24) is 24.6 Å². The first-order valence-electron chi connectivity index (χ1n) is 11.9. The molecule has 0 amide bonds. The number of hydrogen-bond acceptors (Lipinski definition) is 7. The van der Waals surface area contributed by atoms with E-state index in [9.17, 15) is 0 Å². The molecule has 0 radical (unpaired) electrons. The quantitative estimate of drug-likeness (QED) is 0.459. The number of nitrogens with zero attached hydrogens (tertiary/aromatic N) is 6. The van der Waals surface area contributed by atoms with Crippen molar-refractivity contribution in [3.8, 4) is 11.4 Å². The maximum Gasteiger partial charge on any atom is 0.160 e. The van der Waals surface area contributed by atoms with Crippen LogP contribution in [0.1, 0.15) is 36.9 Å². The number of aryl methyl sites for hydroxylation is 2. The molecule has 2 fully saturated rings. The Labute approximate surface area is 205 Å². The second kappa shape index (κ2) is 9.35. The molecule has 0 saturated carbocycles. The molecule has 3 aromatic heterocycles. The molecule has 4 aromatic rings. The van der Waals surface area contributed by atoms with Gasteiger partial charge in [0.2, 0.25) is 0 Å². The molecular formula is C25H30ClN7O. The van der Waals surface area contributed by atoms with Gasteiger partial charge in [0.05, 0.1) is 16.7 Å². The van der Waals surface area contributed by atoms with E-state index in [-0.39, 0.29) is 12.4 Å². The largest absolute Gasteiger partial charge is 0.381 e. The van der Waals surface area contributed by atoms with Crippen LogP contribution in [0, 0.1) is 13.8 Å². The topological polar surface area (TPSA) is 80.5 Å². The molecule has 2 aliphatic heterocycles. The SMILES string of the molecule is Cc1ccc2nc(-c3cc4nc(N5CCCC5)cc(NC5CCOCC5)n4n3)c(C)nc2c1.Cl. The number of ether oxygens (including phenoxy) is 1. The van der Waals surface area contributed by atoms with Gasteiger partial charge in [-0.3, -0.25) is 0 Å². The zero-order valence-electron chi connectivity index (χ0n) is 19.6. The summed E-state index contributed by atoms with van der Waals surface area (Å²) in [6.45, 7) is 7.76. The van der Waals surface area contributed by atoms with Crippen LogP contribution in [0.3, 0.4) is 0 Å². The predicted molar refractivity (Wildman–Crippen MR) is 137 cm³/mol. The zero-order valence-corrected chi connectivity index (χ0v) is 20.4. The second-order valence-electron chi connectivity index (χ2n) is 9.17. The average Bonchev–Trinajstić information content (AvgIpc) is 3.49. The van der Waals surface area contributed by atoms with Crippen LogP contribution in [0.5, 0.6) is 0 Å². The van der Waals surface area contributed by atoms with E-state index >= 15 is 0 Å². The molecule has 2 saturated heterocycles. The summed E-state index contributed by atoms with van der Waals surface area (Å²) < 4.78 is 7.47. The number of nitrogens with one attached hydrogen (secondary N) is 1. The van der Waals surface area contributed by atoms with Gasteiger partial charge in [0.15, 0.2) is 5.65 Å². The molecule has 34 heavy (non-hydrogen) atoms. The van der Waals surface area contributed by atoms with Gasteiger partial charge in [-0.2, -0.15) is 9.61 Å². The lowest BCUT2D eigenvalue weighted by Gasteiger charge is -2.25. The molecule has 0 atom stereocenters. The molecule has 0 aliphatic carbocycles. The molecular weight excluding hydrogens is 450 g/mol. The van der Waals surface area contributed by atoms with Gasteiger partial charge >= 0.3 is 0 Å². The number of aromatic nitrogens is 5. The number of rotatable bonds is 4. The first-order chi connectivity index (χ1) is 16.1. The third-order valence-corrected chi connectivity index (χ3v) is 6.65. The van der Waals surface area contributed by atoms with E-state index in [4.69, 9.17) is 24.8 Å². The third kappa shape index (κ3) is 4.28. The molecule has 0 spiro atoms. The Morgan fingerprint density at radius 1 is 0.941 bits per heavy atom. The molecule has 6 rings (SSSR count). The summed E-state index contributed by atoms with van der Waals surface area (Å²) >= 11 is 0. The van der Waals surface area contributed by atoms with E-state index in [1.807, 2.05) is 23.6 Å². The van der Waals surface area contributed by atoms with E-state index in [1.54, 1.807) is 0 Å². The van der Waals surface area contributed by atoms with Gasteiger partial charge in [-0.05, 0) is 57.2 Å². The molecule has 2 aliphatic rings. The summed E-state index contributed by atoms with van der Waals surface area (Å²) in [6, 6.07) is 10.7. The molecule has 0 bridgehead atoms. The summed E-state index contributed by atoms with van der Waals surface area (Å²) in [5.74, 6) is 1.99. The Hall–Kier alpha value is -2.97. The van der Waals surface area contributed by atoms with Crippen LogP contribution in [0.15, 0.2) is 30.3 Å². The van der Waals surface area contributed by atoms with Crippen molar-refractivity contribution >= 4 is 40.7 Å². The van der Waals surface area contributed by atoms with Crippen LogP contribution in [0.2, 0.25) is 0 Å². The van der Waals surface area contributed by atoms with E-state index in [0.717, 1.165) is 84.5 Å². The first kappa shape index (κ1) is 22.8. The van der Waals surface area contributed by atoms with Gasteiger partial charge < -0.3 is 15.0 Å². The Balaban J connectivity index is 0.00000241. The van der Waals surface area contributed by atoms with Crippen molar-refractivity contribution in [3.63, 3.8) is 0 Å². The fourth-order valence-corrected chi connectivity index (χ4v) is 4.83. The normalized spacial score (nSPS) is 16.8. The minimum Gasteiger partial charge on any atom is -0.381 e. The highest BCUT2D eigenvalue weighted by molar-refractivity contribution is 5.85. The molecule has 9 heteroatoms. The highest BCUT2D eigenvalue weighted by atomic mass is 35.5. The Bertz CT molecular complexity index is 1330. The van der Waals surface area contributed by atoms with Crippen molar-refractivity contribution in [2.75, 3.05) is 36.5 Å². The minimum atomic E-state index is 0. The van der Waals surface area contributed by atoms with Gasteiger partial charge in [-0.15, -0.1) is 12.4 Å². The Morgan fingerprint density at radius 3 is 2.53 bits per heavy atom. The summed E-state index contributed by atoms with van der Waals surface area (Å²) in [4.78, 5) is 17.1. The van der Waals surface area contributed by atoms with Gasteiger partial charge in [-0.25, -0.2) is 15.0 Å². The zero-order chi connectivity index (χ0) is 22.4. The van der Waals surface area contributed by atoms with Gasteiger partial charge in [0.1, 0.15) is 23.0 Å². The van der Waals surface area contributed by atoms with Crippen molar-refractivity contribution in [3.05, 3.63) is 41.6 Å². The summed E-state index contributed by atoms with van der Waals surface area (Å²) in [5, 5.41) is 8.66. The lowest BCUT2D eigenvalue weighted by molar-refractivity contribution is 0.0903. The van der Waals surface area contributed by atoms with Crippen molar-refractivity contribution < 1.29 is 4.74 Å². The van der Waals surface area contributed by atoms with Crippen LogP contribution < -0.4 is 10.2 Å². The minimum absolute atomic E-state index is 0. The average molecular weight is 480 g/mol. The number of fused-ring (bicyclic) bond motifs is 2. The third-order valence-electron chi connectivity index (χ3n) is 6.65. The number of halogens is 1. The number of benzene rings is 1. The van der Waals surface area contributed by atoms with Gasteiger partial charge in [0, 0.05) is 44.5 Å². The van der Waals surface area contributed by atoms with Gasteiger partial charge in [0.25, 0.3) is 0 Å². The molecule has 178 valence electrons. The van der Waals surface area contributed by atoms with Crippen LogP contribution in [0.4, 0.5) is 11.6 Å². The fraction of sp³-hybridized carbons (Fsp3) is 0.440. The molecule has 8 nitrogen and oxygen atoms in total. The van der Waals surface area contributed by atoms with Crippen molar-refractivity contribution in [1.29, 1.82) is 0 Å². The molecule has 0 unspecified atom stereocenters. The monoisotopic (exact) mass is 479 g/mol. The summed E-state index contributed by atoms with van der Waals surface area (Å²) in [6.07, 6.45) is 4.41. The highest BCUT2D eigenvalue weighted by Gasteiger charge is 2.21. The Kier molecular flexibility index (Phi) is 6.27. The van der Waals surface area contributed by atoms with E-state index < -0.39 is 0 Å². The van der Waals surface area contributed by atoms with Crippen LogP contribution >= 0.6 is 12.4 Å². The summed E-state index contributed by atoms with van der Waals surface area (Å²) in [5.41, 5.74) is 6.27. The maximum absolute atomic E-state index is 5.55. The van der Waals surface area contributed by atoms with Crippen LogP contribution in [-0.4, -0.2) is 56.9 Å². The first-order valence-corrected chi connectivity index (χ1v) is 11.9. The van der Waals surface area contributed by atoms with Crippen molar-refractivity contribution in [2.45, 2.75) is 45.6 Å². The smallest absolute Gasteiger partial charge is 0.160 e. The second-order valence-corrected chi connectivity index (χ2v) is 9.17. The standard InChI is InChI=1S/C25H29N7O.ClH/c1-16-5-6-19-20(13-16)26-17(2)25(28-19)21-14-23-29-22(31-9-3-4-10-31)15-24(32(23)30-21)27-18-7-11-33-12-8-18;/h5-6,13-15,18,27H,3-4,7-12H2,1-2H3;1H. The summed E-state index contributed by atoms with van der Waals surface area (Å²) in [7, 11) is 0. The van der Waals surface area contributed by atoms with Gasteiger partial charge in [-0.1, -0.05) is 6.07 Å². The van der Waals surface area contributed by atoms with E-state index in [0.29, 0.717) is 6.04 Å². The van der Waals surface area contributed by atoms with Crippen molar-refractivity contribution in [2.24, 2.45) is 0 Å². The van der Waals surface area contributed by atoms with Crippen LogP contribution in [0.25, 0.3) is 28.1 Å². The maximum atomic E-state index is 5.55. The lowest BCUT2D eigenvalue weighted by atomic mass is 10.1.